The van der Waals surface area contributed by atoms with Crippen molar-refractivity contribution in [3.05, 3.63) is 23.8 Å². The number of allylic oxidation sites excluding steroid dienone is 2. The zero-order valence-corrected chi connectivity index (χ0v) is 30.6. The molecule has 0 saturated heterocycles. The minimum Gasteiger partial charge on any atom is -0.480 e. The normalized spacial score (nSPS) is 22.2. The van der Waals surface area contributed by atoms with Gasteiger partial charge >= 0.3 is 5.97 Å². The van der Waals surface area contributed by atoms with Crippen molar-refractivity contribution in [3.8, 4) is 0 Å². The average Bonchev–Trinajstić information content (AvgIpc) is 2.55. The standard InChI is InChI=1S/C25H55NO5Si5/c1-32(2,3)23(26,21(28)29)25(35(10,11)12,36(13,14)15)24(33(4,5)6,34(7,8)9)19-16-17-22(30,31)20(27)18-19/h16-18,20,27,30-31H,26H2,1-15H3,(H,28,29)/t20?,23-/m0/s1. The summed E-state index contributed by atoms with van der Waals surface area (Å²) in [6.45, 7) is 34.1. The van der Waals surface area contributed by atoms with Crippen LogP contribution in [-0.2, 0) is 4.79 Å². The first-order chi connectivity index (χ1) is 15.4. The van der Waals surface area contributed by atoms with E-state index in [1.807, 2.05) is 0 Å². The topological polar surface area (TPSA) is 124 Å². The van der Waals surface area contributed by atoms with Crippen LogP contribution in [0.3, 0.4) is 0 Å². The zero-order valence-electron chi connectivity index (χ0n) is 25.6. The molecule has 6 N–H and O–H groups in total. The molecule has 0 fully saturated rings. The Morgan fingerprint density at radius 1 is 0.778 bits per heavy atom. The summed E-state index contributed by atoms with van der Waals surface area (Å²) in [5.41, 5.74) is 8.47. The summed E-state index contributed by atoms with van der Waals surface area (Å²) in [5.74, 6) is -3.27. The van der Waals surface area contributed by atoms with E-state index in [4.69, 9.17) is 5.73 Å². The molecule has 1 rings (SSSR count). The summed E-state index contributed by atoms with van der Waals surface area (Å²) in [6, 6.07) is 0. The van der Waals surface area contributed by atoms with E-state index < -0.39 is 72.7 Å². The van der Waals surface area contributed by atoms with E-state index in [1.54, 1.807) is 12.2 Å². The van der Waals surface area contributed by atoms with E-state index in [2.05, 4.69) is 98.2 Å². The number of aliphatic hydroxyl groups is 3. The highest BCUT2D eigenvalue weighted by atomic mass is 28.4. The lowest BCUT2D eigenvalue weighted by atomic mass is 9.92. The summed E-state index contributed by atoms with van der Waals surface area (Å²) in [7, 11) is -12.4. The van der Waals surface area contributed by atoms with Crippen LogP contribution in [0.5, 0.6) is 0 Å². The number of carboxylic acid groups (broad SMARTS) is 1. The summed E-state index contributed by atoms with van der Waals surface area (Å²) in [6.07, 6.45) is 3.19. The first-order valence-corrected chi connectivity index (χ1v) is 30.5. The van der Waals surface area contributed by atoms with Gasteiger partial charge in [0.2, 0.25) is 5.79 Å². The van der Waals surface area contributed by atoms with Crippen LogP contribution in [0.15, 0.2) is 23.8 Å². The lowest BCUT2D eigenvalue weighted by Gasteiger charge is -2.76. The fourth-order valence-corrected chi connectivity index (χ4v) is 52.5. The molecule has 1 aliphatic rings. The summed E-state index contributed by atoms with van der Waals surface area (Å²) in [4.78, 5) is 13.8. The lowest BCUT2D eigenvalue weighted by Crippen LogP contribution is -2.87. The van der Waals surface area contributed by atoms with Crippen LogP contribution >= 0.6 is 0 Å². The van der Waals surface area contributed by atoms with Crippen LogP contribution in [0, 0.1) is 0 Å². The molecule has 6 nitrogen and oxygen atoms in total. The molecule has 210 valence electrons. The third kappa shape index (κ3) is 4.43. The van der Waals surface area contributed by atoms with Gasteiger partial charge < -0.3 is 26.2 Å². The fourth-order valence-electron chi connectivity index (χ4n) is 9.01. The minimum atomic E-state index is -2.63. The van der Waals surface area contributed by atoms with Crippen molar-refractivity contribution in [3.63, 3.8) is 0 Å². The molecule has 0 aromatic heterocycles. The quantitative estimate of drug-likeness (QED) is 0.188. The Balaban J connectivity index is 4.90. The van der Waals surface area contributed by atoms with E-state index >= 15 is 0 Å². The second-order valence-electron chi connectivity index (χ2n) is 16.0. The van der Waals surface area contributed by atoms with Gasteiger partial charge in [-0.2, -0.15) is 0 Å². The Bertz CT molecular complexity index is 899. The first kappa shape index (κ1) is 33.9. The second kappa shape index (κ2) is 9.22. The molecule has 11 heteroatoms. The lowest BCUT2D eigenvalue weighted by molar-refractivity contribution is -0.174. The largest absolute Gasteiger partial charge is 0.480 e. The first-order valence-electron chi connectivity index (χ1n) is 13.0. The molecule has 0 heterocycles. The van der Waals surface area contributed by atoms with Crippen LogP contribution in [0.4, 0.5) is 0 Å². The van der Waals surface area contributed by atoms with Crippen LogP contribution < -0.4 is 5.73 Å². The summed E-state index contributed by atoms with van der Waals surface area (Å²) < 4.78 is -1.30. The molecule has 0 aromatic rings. The van der Waals surface area contributed by atoms with Gasteiger partial charge in [0.05, 0.1) is 40.4 Å². The highest BCUT2D eigenvalue weighted by Gasteiger charge is 2.81. The van der Waals surface area contributed by atoms with Crippen molar-refractivity contribution in [1.29, 1.82) is 0 Å². The van der Waals surface area contributed by atoms with Gasteiger partial charge in [-0.05, 0) is 27.0 Å². The maximum Gasteiger partial charge on any atom is 0.320 e. The third-order valence-corrected chi connectivity index (χ3v) is 34.2. The molecule has 0 aromatic carbocycles. The van der Waals surface area contributed by atoms with Crippen LogP contribution in [0.25, 0.3) is 0 Å². The van der Waals surface area contributed by atoms with Crippen molar-refractivity contribution in [1.82, 2.24) is 0 Å². The Hall–Kier alpha value is -0.126. The van der Waals surface area contributed by atoms with Gasteiger partial charge in [-0.25, -0.2) is 0 Å². The molecule has 2 atom stereocenters. The Morgan fingerprint density at radius 2 is 1.14 bits per heavy atom. The minimum absolute atomic E-state index is 0.580. The van der Waals surface area contributed by atoms with Gasteiger partial charge in [-0.3, -0.25) is 4.79 Å². The van der Waals surface area contributed by atoms with Crippen molar-refractivity contribution >= 4 is 46.3 Å². The van der Waals surface area contributed by atoms with E-state index in [0.717, 1.165) is 5.57 Å². The van der Waals surface area contributed by atoms with Crippen molar-refractivity contribution in [2.24, 2.45) is 5.73 Å². The van der Waals surface area contributed by atoms with E-state index in [9.17, 15) is 25.2 Å². The van der Waals surface area contributed by atoms with Gasteiger partial charge in [-0.1, -0.05) is 104 Å². The maximum atomic E-state index is 13.8. The van der Waals surface area contributed by atoms with Crippen molar-refractivity contribution in [2.75, 3.05) is 0 Å². The van der Waals surface area contributed by atoms with Gasteiger partial charge in [0.1, 0.15) is 11.3 Å². The molecular weight excluding hydrogens is 535 g/mol. The monoisotopic (exact) mass is 589 g/mol. The molecule has 0 bridgehead atoms. The number of aliphatic hydroxyl groups excluding tert-OH is 1. The molecule has 0 spiro atoms. The third-order valence-electron chi connectivity index (χ3n) is 8.89. The molecular formula is C25H55NO5Si5. The molecule has 0 radical (unpaired) electrons. The zero-order chi connectivity index (χ0) is 29.4. The molecule has 0 saturated carbocycles. The molecule has 0 amide bonds. The van der Waals surface area contributed by atoms with Gasteiger partial charge in [0, 0.05) is 0 Å². The number of hydrogen-bond acceptors (Lipinski definition) is 5. The Labute approximate surface area is 225 Å². The van der Waals surface area contributed by atoms with Crippen molar-refractivity contribution < 1.29 is 25.2 Å². The molecule has 1 unspecified atom stereocenters. The van der Waals surface area contributed by atoms with E-state index in [0.29, 0.717) is 0 Å². The highest BCUT2D eigenvalue weighted by molar-refractivity contribution is 7.11. The number of aliphatic carboxylic acids is 1. The smallest absolute Gasteiger partial charge is 0.320 e. The maximum absolute atomic E-state index is 13.8. The van der Waals surface area contributed by atoms with Crippen molar-refractivity contribution in [2.45, 2.75) is 125 Å². The predicted molar refractivity (Wildman–Crippen MR) is 167 cm³/mol. The van der Waals surface area contributed by atoms with E-state index in [-0.39, 0.29) is 0 Å². The number of nitrogens with two attached hydrogens (primary N) is 1. The second-order valence-corrected chi connectivity index (χ2v) is 43.3. The molecule has 36 heavy (non-hydrogen) atoms. The predicted octanol–water partition coefficient (Wildman–Crippen LogP) is 5.10. The van der Waals surface area contributed by atoms with Gasteiger partial charge in [0.25, 0.3) is 0 Å². The Morgan fingerprint density at radius 3 is 1.36 bits per heavy atom. The van der Waals surface area contributed by atoms with Crippen LogP contribution in [0.2, 0.25) is 108 Å². The van der Waals surface area contributed by atoms with Gasteiger partial charge in [0.15, 0.2) is 0 Å². The highest BCUT2D eigenvalue weighted by Crippen LogP contribution is 2.78. The SMILES string of the molecule is C[Si](C)(C)C(C1=CC(O)C(O)(O)C=C1)(C([C@](N)(C(=O)O)[Si](C)(C)C)([Si](C)(C)C)[Si](C)(C)C)[Si](C)(C)C. The number of carboxylic acids is 1. The number of hydrogen-bond donors (Lipinski definition) is 5. The summed E-state index contributed by atoms with van der Waals surface area (Å²) in [5, 5.41) is 41.6. The summed E-state index contributed by atoms with van der Waals surface area (Å²) >= 11 is 0. The Kier molecular flexibility index (Phi) is 8.68. The number of rotatable bonds is 9. The molecule has 0 aliphatic heterocycles. The fraction of sp³-hybridized carbons (Fsp3) is 0.800. The van der Waals surface area contributed by atoms with Crippen LogP contribution in [-0.4, -0.2) is 83.8 Å². The number of carbonyl (C=O) groups is 1. The van der Waals surface area contributed by atoms with E-state index in [1.165, 1.54) is 6.08 Å². The average molecular weight is 590 g/mol. The molecule has 1 aliphatic carbocycles. The van der Waals surface area contributed by atoms with Gasteiger partial charge in [-0.15, -0.1) is 0 Å². The van der Waals surface area contributed by atoms with Crippen LogP contribution in [0.1, 0.15) is 0 Å².